The van der Waals surface area contributed by atoms with Crippen molar-refractivity contribution in [3.05, 3.63) is 65.2 Å². The van der Waals surface area contributed by atoms with Gasteiger partial charge in [0.2, 0.25) is 0 Å². The summed E-state index contributed by atoms with van der Waals surface area (Å²) in [4.78, 5) is 0. The Hall–Kier alpha value is -2.77. The highest BCUT2D eigenvalue weighted by Gasteiger charge is 2.23. The van der Waals surface area contributed by atoms with E-state index in [9.17, 15) is 13.5 Å². The Kier molecular flexibility index (Phi) is 4.99. The van der Waals surface area contributed by atoms with E-state index in [4.69, 9.17) is 9.29 Å². The average Bonchev–Trinajstić information content (AvgIpc) is 2.56. The van der Waals surface area contributed by atoms with Gasteiger partial charge in [0.05, 0.1) is 5.56 Å². The second-order valence-corrected chi connectivity index (χ2v) is 7.74. The van der Waals surface area contributed by atoms with Crippen molar-refractivity contribution in [2.75, 3.05) is 0 Å². The van der Waals surface area contributed by atoms with E-state index < -0.39 is 16.0 Å². The van der Waals surface area contributed by atoms with E-state index in [1.165, 1.54) is 12.1 Å². The molecule has 0 unspecified atom stereocenters. The van der Waals surface area contributed by atoms with Gasteiger partial charge in [-0.05, 0) is 62.2 Å². The van der Waals surface area contributed by atoms with Crippen LogP contribution < -0.4 is 8.92 Å². The lowest BCUT2D eigenvalue weighted by Crippen LogP contribution is -2.27. The third-order valence-electron chi connectivity index (χ3n) is 4.01. The van der Waals surface area contributed by atoms with Gasteiger partial charge in [0.1, 0.15) is 22.8 Å². The summed E-state index contributed by atoms with van der Waals surface area (Å²) in [5.74, 6) is 0.839. The van der Waals surface area contributed by atoms with Gasteiger partial charge in [0, 0.05) is 5.56 Å². The number of rotatable bonds is 5. The molecule has 27 heavy (non-hydrogen) atoms. The molecule has 2 aromatic carbocycles. The number of fused-ring (bicyclic) bond motifs is 1. The van der Waals surface area contributed by atoms with Crippen molar-refractivity contribution in [1.82, 2.24) is 0 Å². The van der Waals surface area contributed by atoms with Crippen LogP contribution in [0.2, 0.25) is 0 Å². The third-order valence-corrected chi connectivity index (χ3v) is 4.41. The highest BCUT2D eigenvalue weighted by molar-refractivity contribution is 7.81. The molecule has 6 nitrogen and oxygen atoms in total. The second kappa shape index (κ2) is 7.09. The van der Waals surface area contributed by atoms with Crippen LogP contribution in [-0.4, -0.2) is 23.7 Å². The number of hydrogen-bond donors (Lipinski definition) is 2. The van der Waals surface area contributed by atoms with Gasteiger partial charge in [-0.1, -0.05) is 24.3 Å². The smallest absolute Gasteiger partial charge is 0.446 e. The van der Waals surface area contributed by atoms with Crippen LogP contribution in [0.5, 0.6) is 17.2 Å². The molecule has 0 bridgehead atoms. The van der Waals surface area contributed by atoms with Crippen molar-refractivity contribution in [3.8, 4) is 17.2 Å². The molecule has 0 aromatic heterocycles. The molecule has 0 saturated heterocycles. The number of allylic oxidation sites excluding steroid dienone is 1. The largest absolute Gasteiger partial charge is 0.507 e. The minimum Gasteiger partial charge on any atom is -0.507 e. The Morgan fingerprint density at radius 2 is 1.85 bits per heavy atom. The summed E-state index contributed by atoms with van der Waals surface area (Å²) in [6.07, 6.45) is 8.03. The lowest BCUT2D eigenvalue weighted by atomic mass is 9.99. The van der Waals surface area contributed by atoms with E-state index in [-0.39, 0.29) is 11.5 Å². The molecule has 1 aliphatic heterocycles. The average molecular weight is 388 g/mol. The summed E-state index contributed by atoms with van der Waals surface area (Å²) in [6, 6.07) is 9.92. The Morgan fingerprint density at radius 3 is 2.52 bits per heavy atom. The predicted octanol–water partition coefficient (Wildman–Crippen LogP) is 4.01. The molecule has 0 atom stereocenters. The first-order valence-corrected chi connectivity index (χ1v) is 9.66. The molecule has 1 heterocycles. The van der Waals surface area contributed by atoms with Crippen molar-refractivity contribution in [3.63, 3.8) is 0 Å². The summed E-state index contributed by atoms with van der Waals surface area (Å²) in [6.45, 7) is 3.90. The van der Waals surface area contributed by atoms with Crippen LogP contribution in [0.1, 0.15) is 30.5 Å². The zero-order valence-corrected chi connectivity index (χ0v) is 15.7. The monoisotopic (exact) mass is 388 g/mol. The van der Waals surface area contributed by atoms with Crippen molar-refractivity contribution >= 4 is 22.6 Å². The van der Waals surface area contributed by atoms with Gasteiger partial charge in [0.25, 0.3) is 0 Å². The van der Waals surface area contributed by atoms with Crippen molar-refractivity contribution in [2.45, 2.75) is 25.9 Å². The maximum atomic E-state index is 10.7. The van der Waals surface area contributed by atoms with Crippen LogP contribution in [0.4, 0.5) is 0 Å². The second-order valence-electron chi connectivity index (χ2n) is 6.72. The van der Waals surface area contributed by atoms with Crippen molar-refractivity contribution < 1.29 is 27.0 Å². The molecule has 3 rings (SSSR count). The third kappa shape index (κ3) is 4.90. The molecule has 7 heteroatoms. The summed E-state index contributed by atoms with van der Waals surface area (Å²) in [7, 11) is -4.52. The Labute approximate surface area is 158 Å². The summed E-state index contributed by atoms with van der Waals surface area (Å²) >= 11 is 0. The lowest BCUT2D eigenvalue weighted by molar-refractivity contribution is 0.158. The number of phenolic OH excluding ortho intramolecular Hbond substituents is 1. The fourth-order valence-electron chi connectivity index (χ4n) is 2.72. The fraction of sp³-hybridized carbons (Fsp3) is 0.200. The molecule has 142 valence electrons. The van der Waals surface area contributed by atoms with Gasteiger partial charge in [-0.25, -0.2) is 0 Å². The Balaban J connectivity index is 1.70. The highest BCUT2D eigenvalue weighted by atomic mass is 32.3. The molecule has 2 N–H and O–H groups in total. The number of aromatic hydroxyl groups is 1. The lowest BCUT2D eigenvalue weighted by Gasteiger charge is -2.28. The van der Waals surface area contributed by atoms with E-state index in [0.29, 0.717) is 23.3 Å². The summed E-state index contributed by atoms with van der Waals surface area (Å²) < 4.78 is 40.2. The summed E-state index contributed by atoms with van der Waals surface area (Å²) in [5.41, 5.74) is 1.84. The standard InChI is InChI=1S/C20H20O6S/c1-20(2)13-12-17-18(25-20)11-8-15(19(17)21)5-3-4-14-6-9-16(10-7-14)26-27(22,23)24/h3,5-13,21H,4H2,1-2H3,(H,22,23,24). The first kappa shape index (κ1) is 19.0. The maximum absolute atomic E-state index is 10.7. The van der Waals surface area contributed by atoms with Gasteiger partial charge in [-0.2, -0.15) is 8.42 Å². The van der Waals surface area contributed by atoms with Crippen LogP contribution in [0.15, 0.2) is 48.6 Å². The van der Waals surface area contributed by atoms with E-state index in [2.05, 4.69) is 4.18 Å². The molecule has 0 spiro atoms. The minimum atomic E-state index is -4.52. The molecular formula is C20H20O6S. The topological polar surface area (TPSA) is 93.1 Å². The van der Waals surface area contributed by atoms with Crippen LogP contribution >= 0.6 is 0 Å². The highest BCUT2D eigenvalue weighted by Crippen LogP contribution is 2.38. The van der Waals surface area contributed by atoms with E-state index in [1.54, 1.807) is 18.2 Å². The zero-order valence-electron chi connectivity index (χ0n) is 14.9. The number of benzene rings is 2. The molecular weight excluding hydrogens is 368 g/mol. The van der Waals surface area contributed by atoms with Crippen molar-refractivity contribution in [2.24, 2.45) is 0 Å². The summed E-state index contributed by atoms with van der Waals surface area (Å²) in [5, 5.41) is 10.5. The Morgan fingerprint density at radius 1 is 1.15 bits per heavy atom. The molecule has 0 fully saturated rings. The number of ether oxygens (including phenoxy) is 1. The maximum Gasteiger partial charge on any atom is 0.446 e. The van der Waals surface area contributed by atoms with Crippen molar-refractivity contribution in [1.29, 1.82) is 0 Å². The van der Waals surface area contributed by atoms with Gasteiger partial charge in [-0.15, -0.1) is 0 Å². The van der Waals surface area contributed by atoms with Crippen LogP contribution in [0.3, 0.4) is 0 Å². The van der Waals surface area contributed by atoms with Crippen LogP contribution in [-0.2, 0) is 16.8 Å². The van der Waals surface area contributed by atoms with Crippen LogP contribution in [0, 0.1) is 0 Å². The molecule has 0 amide bonds. The van der Waals surface area contributed by atoms with Crippen LogP contribution in [0.25, 0.3) is 12.2 Å². The number of hydrogen-bond acceptors (Lipinski definition) is 5. The van der Waals surface area contributed by atoms with Gasteiger partial charge in [0.15, 0.2) is 0 Å². The van der Waals surface area contributed by atoms with E-state index in [0.717, 1.165) is 5.56 Å². The van der Waals surface area contributed by atoms with E-state index in [1.807, 2.05) is 44.2 Å². The van der Waals surface area contributed by atoms with Gasteiger partial charge >= 0.3 is 10.4 Å². The van der Waals surface area contributed by atoms with Gasteiger partial charge < -0.3 is 14.0 Å². The molecule has 0 radical (unpaired) electrons. The molecule has 0 aliphatic carbocycles. The van der Waals surface area contributed by atoms with Gasteiger partial charge in [-0.3, -0.25) is 4.55 Å². The zero-order chi connectivity index (χ0) is 19.7. The molecule has 0 saturated carbocycles. The number of phenols is 1. The minimum absolute atomic E-state index is 0.0345. The van der Waals surface area contributed by atoms with E-state index >= 15 is 0 Å². The fourth-order valence-corrected chi connectivity index (χ4v) is 3.07. The first-order chi connectivity index (χ1) is 12.6. The predicted molar refractivity (Wildman–Crippen MR) is 103 cm³/mol. The SMILES string of the molecule is CC1(C)C=Cc2c(ccc(C=CCc3ccc(OS(=O)(=O)O)cc3)c2O)O1. The normalized spacial score (nSPS) is 15.4. The first-order valence-electron chi connectivity index (χ1n) is 8.30. The quantitative estimate of drug-likeness (QED) is 0.752. The molecule has 1 aliphatic rings. The Bertz CT molecular complexity index is 1000. The molecule has 2 aromatic rings.